The molecule has 1 unspecified atom stereocenters. The number of hydrogen-bond acceptors (Lipinski definition) is 3. The van der Waals surface area contributed by atoms with Crippen molar-refractivity contribution in [2.45, 2.75) is 84.8 Å². The molecule has 0 N–H and O–H groups in total. The van der Waals surface area contributed by atoms with Gasteiger partial charge in [-0.15, -0.1) is 0 Å². The molecular weight excluding hydrogens is 387 g/mol. The van der Waals surface area contributed by atoms with Crippen molar-refractivity contribution in [2.24, 2.45) is 0 Å². The zero-order valence-corrected chi connectivity index (χ0v) is 18.1. The zero-order valence-electron chi connectivity index (χ0n) is 14.4. The Morgan fingerprint density at radius 2 is 1.48 bits per heavy atom. The molecule has 0 rings (SSSR count). The van der Waals surface area contributed by atoms with Crippen molar-refractivity contribution in [1.29, 1.82) is 0 Å². The van der Waals surface area contributed by atoms with Gasteiger partial charge in [0.25, 0.3) is 0 Å². The summed E-state index contributed by atoms with van der Waals surface area (Å²) in [5.41, 5.74) is 0. The molecule has 2 nitrogen and oxygen atoms in total. The van der Waals surface area contributed by atoms with Gasteiger partial charge >= 0.3 is 34.6 Å². The number of rotatable bonds is 11. The predicted octanol–water partition coefficient (Wildman–Crippen LogP) is 4.49. The van der Waals surface area contributed by atoms with E-state index in [0.717, 1.165) is 12.8 Å². The maximum absolute atomic E-state index is 10.4. The number of carbonyl (C=O) groups is 1. The summed E-state index contributed by atoms with van der Waals surface area (Å²) < 4.78 is 0. The molecular formula is C17H34O2SSn. The van der Waals surface area contributed by atoms with Crippen LogP contribution >= 0.6 is 12.6 Å². The van der Waals surface area contributed by atoms with E-state index in [-0.39, 0.29) is 0 Å². The van der Waals surface area contributed by atoms with Crippen LogP contribution < -0.4 is 5.11 Å². The van der Waals surface area contributed by atoms with Crippen LogP contribution in [0, 0.1) is 0 Å². The molecule has 0 aliphatic carbocycles. The zero-order chi connectivity index (χ0) is 16.5. The van der Waals surface area contributed by atoms with E-state index in [1.54, 1.807) is 6.08 Å². The average molecular weight is 421 g/mol. The number of thiol groups is 1. The quantitative estimate of drug-likeness (QED) is 0.231. The molecule has 0 saturated heterocycles. The van der Waals surface area contributed by atoms with Crippen molar-refractivity contribution in [3.63, 3.8) is 0 Å². The Hall–Kier alpha value is 0.359. The second kappa shape index (κ2) is 18.4. The summed E-state index contributed by atoms with van der Waals surface area (Å²) in [6.45, 7) is 2.23. The van der Waals surface area contributed by atoms with Gasteiger partial charge in [-0.3, -0.25) is 0 Å². The van der Waals surface area contributed by atoms with Gasteiger partial charge in [0.2, 0.25) is 0 Å². The van der Waals surface area contributed by atoms with Gasteiger partial charge in [0.1, 0.15) is 0 Å². The fraction of sp³-hybridized carbons (Fsp3) is 0.824. The van der Waals surface area contributed by atoms with Gasteiger partial charge in [-0.25, -0.2) is 0 Å². The van der Waals surface area contributed by atoms with Crippen molar-refractivity contribution in [1.82, 2.24) is 0 Å². The van der Waals surface area contributed by atoms with Crippen LogP contribution in [0.15, 0.2) is 12.2 Å². The summed E-state index contributed by atoms with van der Waals surface area (Å²) in [6, 6.07) is 0. The number of hydrogen-bond donors (Lipinski definition) is 1. The van der Waals surface area contributed by atoms with E-state index in [2.05, 4.69) is 34.4 Å². The van der Waals surface area contributed by atoms with Crippen LogP contribution in [0.3, 0.4) is 0 Å². The Morgan fingerprint density at radius 3 is 1.90 bits per heavy atom. The molecule has 0 radical (unpaired) electrons. The van der Waals surface area contributed by atoms with Crippen LogP contribution in [-0.2, 0) is 4.79 Å². The molecule has 0 aromatic carbocycles. The van der Waals surface area contributed by atoms with Gasteiger partial charge < -0.3 is 9.90 Å². The third kappa shape index (κ3) is 25.6. The van der Waals surface area contributed by atoms with Crippen molar-refractivity contribution in [3.8, 4) is 0 Å². The monoisotopic (exact) mass is 422 g/mol. The van der Waals surface area contributed by atoms with E-state index >= 15 is 0 Å². The fourth-order valence-corrected chi connectivity index (χ4v) is 1.82. The number of carboxylic acid groups (broad SMARTS) is 1. The first-order valence-electron chi connectivity index (χ1n) is 8.24. The van der Waals surface area contributed by atoms with Crippen LogP contribution in [0.1, 0.15) is 64.7 Å². The van der Waals surface area contributed by atoms with Crippen LogP contribution in [0.2, 0.25) is 14.8 Å². The molecule has 0 bridgehead atoms. The summed E-state index contributed by atoms with van der Waals surface area (Å²) in [6.07, 6.45) is 14.8. The third-order valence-electron chi connectivity index (χ3n) is 2.78. The van der Waals surface area contributed by atoms with E-state index < -0.39 is 31.0 Å². The van der Waals surface area contributed by atoms with Crippen molar-refractivity contribution < 1.29 is 9.90 Å². The van der Waals surface area contributed by atoms with Gasteiger partial charge in [0, 0.05) is 0 Å². The minimum absolute atomic E-state index is 0.543. The third-order valence-corrected chi connectivity index (χ3v) is 3.17. The SMILES string of the molecule is CCCCCCCCCCC=CC(S)C(=O)[O-].[CH3][Sn+]([CH3])[CH3]. The first kappa shape index (κ1) is 23.6. The summed E-state index contributed by atoms with van der Waals surface area (Å²) in [5, 5.41) is 9.59. The first-order valence-corrected chi connectivity index (χ1v) is 17.3. The Bertz CT molecular complexity index is 252. The standard InChI is InChI=1S/C14H26O2S.3CH3.Sn/c1-2-3-4-5-6-7-8-9-10-11-12-13(17)14(15)16;;;;/h11-13,17H,2-10H2,1H3,(H,15,16);3*1H3;/q;;;;+1/p-1. The normalized spacial score (nSPS) is 11.9. The number of carbonyl (C=O) groups excluding carboxylic acids is 1. The molecule has 0 aliphatic rings. The van der Waals surface area contributed by atoms with Crippen LogP contribution in [0.4, 0.5) is 0 Å². The van der Waals surface area contributed by atoms with Crippen molar-refractivity contribution in [2.75, 3.05) is 0 Å². The number of allylic oxidation sites excluding steroid dienone is 1. The van der Waals surface area contributed by atoms with E-state index in [0.29, 0.717) is 0 Å². The Kier molecular flexibility index (Phi) is 20.7. The molecule has 0 amide bonds. The van der Waals surface area contributed by atoms with E-state index in [9.17, 15) is 9.90 Å². The predicted molar refractivity (Wildman–Crippen MR) is 97.5 cm³/mol. The van der Waals surface area contributed by atoms with Gasteiger partial charge in [-0.2, -0.15) is 12.6 Å². The molecule has 4 heteroatoms. The molecule has 0 spiro atoms. The molecule has 1 atom stereocenters. The molecule has 0 aliphatic heterocycles. The molecule has 0 heterocycles. The minimum atomic E-state index is -1.12. The summed E-state index contributed by atoms with van der Waals surface area (Å²) in [7, 11) is 0. The van der Waals surface area contributed by atoms with E-state index in [1.807, 2.05) is 6.08 Å². The molecule has 0 saturated carbocycles. The molecule has 124 valence electrons. The summed E-state index contributed by atoms with van der Waals surface area (Å²) in [5.74, 6) is -1.12. The Labute approximate surface area is 144 Å². The molecule has 0 aromatic heterocycles. The number of aliphatic carboxylic acids is 1. The van der Waals surface area contributed by atoms with Crippen LogP contribution in [0.5, 0.6) is 0 Å². The van der Waals surface area contributed by atoms with Crippen LogP contribution in [0.25, 0.3) is 0 Å². The van der Waals surface area contributed by atoms with Crippen LogP contribution in [-0.4, -0.2) is 31.0 Å². The number of carboxylic acids is 1. The molecule has 0 aromatic rings. The Balaban J connectivity index is 0. The van der Waals surface area contributed by atoms with Gasteiger partial charge in [-0.05, 0) is 12.8 Å². The maximum atomic E-state index is 10.4. The van der Waals surface area contributed by atoms with Gasteiger partial charge in [0.15, 0.2) is 0 Å². The second-order valence-corrected chi connectivity index (χ2v) is 15.1. The topological polar surface area (TPSA) is 40.1 Å². The van der Waals surface area contributed by atoms with Crippen molar-refractivity contribution in [3.05, 3.63) is 12.2 Å². The van der Waals surface area contributed by atoms with E-state index in [1.165, 1.54) is 44.9 Å². The Morgan fingerprint density at radius 1 is 1.05 bits per heavy atom. The van der Waals surface area contributed by atoms with E-state index in [4.69, 9.17) is 0 Å². The van der Waals surface area contributed by atoms with Gasteiger partial charge in [0.05, 0.1) is 11.2 Å². The molecule has 21 heavy (non-hydrogen) atoms. The second-order valence-electron chi connectivity index (χ2n) is 5.96. The summed E-state index contributed by atoms with van der Waals surface area (Å²) >= 11 is 3.32. The fourth-order valence-electron chi connectivity index (χ4n) is 1.70. The summed E-state index contributed by atoms with van der Waals surface area (Å²) in [4.78, 5) is 17.4. The first-order chi connectivity index (χ1) is 9.91. The van der Waals surface area contributed by atoms with Crippen molar-refractivity contribution >= 4 is 38.4 Å². The number of unbranched alkanes of at least 4 members (excludes halogenated alkanes) is 8. The average Bonchev–Trinajstić information content (AvgIpc) is 2.40. The molecule has 0 fully saturated rings. The van der Waals surface area contributed by atoms with Gasteiger partial charge in [-0.1, -0.05) is 64.0 Å².